The molecule has 2 saturated carbocycles. The highest BCUT2D eigenvalue weighted by molar-refractivity contribution is 7.15. The zero-order valence-electron chi connectivity index (χ0n) is 13.8. The average molecular weight is 352 g/mol. The smallest absolute Gasteiger partial charge is 0.321 e. The first kappa shape index (κ1) is 17.2. The molecule has 8 heteroatoms. The van der Waals surface area contributed by atoms with Gasteiger partial charge in [-0.3, -0.25) is 15.0 Å². The van der Waals surface area contributed by atoms with Crippen LogP contribution in [0.25, 0.3) is 0 Å². The number of hydrogen-bond acceptors (Lipinski definition) is 5. The van der Waals surface area contributed by atoms with Gasteiger partial charge in [-0.15, -0.1) is 11.3 Å². The molecule has 0 saturated heterocycles. The van der Waals surface area contributed by atoms with Gasteiger partial charge in [-0.1, -0.05) is 6.92 Å². The number of carboxylic acid groups (broad SMARTS) is 1. The number of amides is 2. The molecule has 0 spiro atoms. The van der Waals surface area contributed by atoms with Crippen LogP contribution >= 0.6 is 11.3 Å². The van der Waals surface area contributed by atoms with E-state index in [-0.39, 0.29) is 24.7 Å². The van der Waals surface area contributed by atoms with Crippen LogP contribution in [-0.2, 0) is 11.2 Å². The van der Waals surface area contributed by atoms with Gasteiger partial charge in [0.15, 0.2) is 5.13 Å². The normalized spacial score (nSPS) is 22.9. The molecule has 0 atom stereocenters. The van der Waals surface area contributed by atoms with Gasteiger partial charge in [-0.25, -0.2) is 9.78 Å². The molecule has 2 aliphatic rings. The number of rotatable bonds is 8. The monoisotopic (exact) mass is 352 g/mol. The molecular formula is C16H24N4O3S. The van der Waals surface area contributed by atoms with Gasteiger partial charge in [-0.05, 0) is 38.0 Å². The van der Waals surface area contributed by atoms with Gasteiger partial charge in [-0.2, -0.15) is 0 Å². The van der Waals surface area contributed by atoms with Crippen LogP contribution in [0.2, 0.25) is 0 Å². The topological polar surface area (TPSA) is 94.6 Å². The van der Waals surface area contributed by atoms with Crippen molar-refractivity contribution < 1.29 is 14.7 Å². The highest BCUT2D eigenvalue weighted by atomic mass is 32.1. The largest absolute Gasteiger partial charge is 0.480 e. The quantitative estimate of drug-likeness (QED) is 0.666. The van der Waals surface area contributed by atoms with Gasteiger partial charge in [0.1, 0.15) is 0 Å². The number of hydrogen-bond donors (Lipinski definition) is 3. The predicted octanol–water partition coefficient (Wildman–Crippen LogP) is 2.15. The zero-order valence-corrected chi connectivity index (χ0v) is 14.6. The van der Waals surface area contributed by atoms with E-state index >= 15 is 0 Å². The summed E-state index contributed by atoms with van der Waals surface area (Å²) < 4.78 is 0. The van der Waals surface area contributed by atoms with Crippen LogP contribution in [0.1, 0.15) is 37.5 Å². The standard InChI is InChI=1S/C16H24N4O3S/c1-2-13-7-17-16(24-13)19-15(23)18-11-5-12(6-11)20(9-14(21)22)8-10-3-4-10/h7,10-12H,2-6,8-9H2,1H3,(H,21,22)(H2,17,18,19,23). The molecule has 0 unspecified atom stereocenters. The number of thiazole rings is 1. The van der Waals surface area contributed by atoms with E-state index < -0.39 is 5.97 Å². The van der Waals surface area contributed by atoms with E-state index in [0.717, 1.165) is 30.7 Å². The molecule has 1 heterocycles. The Balaban J connectivity index is 1.41. The molecule has 2 aliphatic carbocycles. The number of aryl methyl sites for hydroxylation is 1. The molecule has 0 aliphatic heterocycles. The molecule has 7 nitrogen and oxygen atoms in total. The summed E-state index contributed by atoms with van der Waals surface area (Å²) in [6.45, 7) is 3.02. The van der Waals surface area contributed by atoms with E-state index in [1.807, 2.05) is 0 Å². The van der Waals surface area contributed by atoms with Crippen LogP contribution in [0.15, 0.2) is 6.20 Å². The van der Waals surface area contributed by atoms with E-state index in [1.54, 1.807) is 6.20 Å². The lowest BCUT2D eigenvalue weighted by molar-refractivity contribution is -0.139. The number of carbonyl (C=O) groups is 2. The van der Waals surface area contributed by atoms with Crippen LogP contribution in [0.3, 0.4) is 0 Å². The molecule has 1 aromatic rings. The van der Waals surface area contributed by atoms with E-state index in [1.165, 1.54) is 24.2 Å². The van der Waals surface area contributed by atoms with E-state index in [2.05, 4.69) is 27.4 Å². The summed E-state index contributed by atoms with van der Waals surface area (Å²) in [7, 11) is 0. The molecule has 0 radical (unpaired) electrons. The highest BCUT2D eigenvalue weighted by Crippen LogP contribution is 2.33. The predicted molar refractivity (Wildman–Crippen MR) is 92.4 cm³/mol. The second-order valence-electron chi connectivity index (χ2n) is 6.67. The summed E-state index contributed by atoms with van der Waals surface area (Å²) in [5, 5.41) is 15.4. The van der Waals surface area contributed by atoms with Crippen LogP contribution in [0.5, 0.6) is 0 Å². The SMILES string of the molecule is CCc1cnc(NC(=O)NC2CC(N(CC(=O)O)CC3CC3)C2)s1. The lowest BCUT2D eigenvalue weighted by Crippen LogP contribution is -2.55. The zero-order chi connectivity index (χ0) is 17.1. The fourth-order valence-corrected chi connectivity index (χ4v) is 3.75. The first-order valence-electron chi connectivity index (χ1n) is 8.51. The van der Waals surface area contributed by atoms with Crippen LogP contribution in [0.4, 0.5) is 9.93 Å². The lowest BCUT2D eigenvalue weighted by Gasteiger charge is -2.42. The fraction of sp³-hybridized carbons (Fsp3) is 0.688. The Morgan fingerprint density at radius 2 is 2.17 bits per heavy atom. The molecule has 24 heavy (non-hydrogen) atoms. The second kappa shape index (κ2) is 7.48. The Morgan fingerprint density at radius 3 is 2.75 bits per heavy atom. The molecule has 3 rings (SSSR count). The van der Waals surface area contributed by atoms with Crippen molar-refractivity contribution in [3.63, 3.8) is 0 Å². The minimum atomic E-state index is -0.777. The fourth-order valence-electron chi connectivity index (χ4n) is 3.00. The summed E-state index contributed by atoms with van der Waals surface area (Å²) >= 11 is 1.48. The van der Waals surface area contributed by atoms with Gasteiger partial charge < -0.3 is 10.4 Å². The van der Waals surface area contributed by atoms with Gasteiger partial charge >= 0.3 is 12.0 Å². The number of carbonyl (C=O) groups excluding carboxylic acids is 1. The summed E-state index contributed by atoms with van der Waals surface area (Å²) in [6, 6.07) is 0.136. The molecule has 2 amide bonds. The Kier molecular flexibility index (Phi) is 5.35. The van der Waals surface area contributed by atoms with Crippen LogP contribution in [-0.4, -0.2) is 52.2 Å². The van der Waals surface area contributed by atoms with Crippen molar-refractivity contribution in [2.45, 2.75) is 51.1 Å². The number of anilines is 1. The summed E-state index contributed by atoms with van der Waals surface area (Å²) in [5.41, 5.74) is 0. The van der Waals surface area contributed by atoms with Crippen molar-refractivity contribution in [2.75, 3.05) is 18.4 Å². The van der Waals surface area contributed by atoms with Crippen molar-refractivity contribution in [1.82, 2.24) is 15.2 Å². The summed E-state index contributed by atoms with van der Waals surface area (Å²) in [6.07, 6.45) is 6.73. The van der Waals surface area contributed by atoms with Crippen molar-refractivity contribution >= 4 is 28.5 Å². The van der Waals surface area contributed by atoms with Crippen LogP contribution < -0.4 is 10.6 Å². The molecule has 2 fully saturated rings. The van der Waals surface area contributed by atoms with Crippen molar-refractivity contribution in [2.24, 2.45) is 5.92 Å². The maximum absolute atomic E-state index is 12.0. The Hall–Kier alpha value is -1.67. The number of aromatic nitrogens is 1. The summed E-state index contributed by atoms with van der Waals surface area (Å²) in [4.78, 5) is 30.4. The van der Waals surface area contributed by atoms with Crippen molar-refractivity contribution in [3.8, 4) is 0 Å². The Morgan fingerprint density at radius 1 is 1.42 bits per heavy atom. The minimum absolute atomic E-state index is 0.0962. The van der Waals surface area contributed by atoms with Crippen molar-refractivity contribution in [1.29, 1.82) is 0 Å². The molecule has 3 N–H and O–H groups in total. The molecular weight excluding hydrogens is 328 g/mol. The number of nitrogens with one attached hydrogen (secondary N) is 2. The number of urea groups is 1. The maximum Gasteiger partial charge on any atom is 0.321 e. The van der Waals surface area contributed by atoms with Gasteiger partial charge in [0.05, 0.1) is 6.54 Å². The van der Waals surface area contributed by atoms with Crippen LogP contribution in [0, 0.1) is 5.92 Å². The Labute approximate surface area is 145 Å². The molecule has 0 bridgehead atoms. The van der Waals surface area contributed by atoms with E-state index in [9.17, 15) is 9.59 Å². The molecule has 1 aromatic heterocycles. The lowest BCUT2D eigenvalue weighted by atomic mass is 9.85. The van der Waals surface area contributed by atoms with Gasteiger partial charge in [0.25, 0.3) is 0 Å². The number of aliphatic carboxylic acids is 1. The maximum atomic E-state index is 12.0. The molecule has 132 valence electrons. The number of carboxylic acids is 1. The third kappa shape index (κ3) is 4.67. The average Bonchev–Trinajstić information content (AvgIpc) is 3.18. The van der Waals surface area contributed by atoms with E-state index in [4.69, 9.17) is 5.11 Å². The number of nitrogens with zero attached hydrogens (tertiary/aromatic N) is 2. The van der Waals surface area contributed by atoms with Gasteiger partial charge in [0, 0.05) is 29.7 Å². The first-order valence-corrected chi connectivity index (χ1v) is 9.33. The summed E-state index contributed by atoms with van der Waals surface area (Å²) in [5.74, 6) is -0.113. The second-order valence-corrected chi connectivity index (χ2v) is 7.79. The van der Waals surface area contributed by atoms with Crippen molar-refractivity contribution in [3.05, 3.63) is 11.1 Å². The highest BCUT2D eigenvalue weighted by Gasteiger charge is 2.37. The first-order chi connectivity index (χ1) is 11.5. The third-order valence-corrected chi connectivity index (χ3v) is 5.67. The van der Waals surface area contributed by atoms with E-state index in [0.29, 0.717) is 11.0 Å². The third-order valence-electron chi connectivity index (χ3n) is 4.62. The minimum Gasteiger partial charge on any atom is -0.480 e. The van der Waals surface area contributed by atoms with Gasteiger partial charge in [0.2, 0.25) is 0 Å². The Bertz CT molecular complexity index is 596. The molecule has 0 aromatic carbocycles.